The highest BCUT2D eigenvalue weighted by atomic mass is 32.2. The van der Waals surface area contributed by atoms with Crippen molar-refractivity contribution in [3.8, 4) is 5.69 Å². The van der Waals surface area contributed by atoms with Gasteiger partial charge in [-0.1, -0.05) is 72.4 Å². The molecule has 1 N–H and O–H groups in total. The maximum absolute atomic E-state index is 12.9. The van der Waals surface area contributed by atoms with Crippen LogP contribution >= 0.6 is 11.8 Å². The van der Waals surface area contributed by atoms with Crippen LogP contribution in [0.25, 0.3) is 5.69 Å². The van der Waals surface area contributed by atoms with Crippen molar-refractivity contribution in [2.45, 2.75) is 37.6 Å². The molecule has 0 fully saturated rings. The molecule has 5 nitrogen and oxygen atoms in total. The molecule has 0 aliphatic heterocycles. The smallest absolute Gasteiger partial charge is 0.237 e. The lowest BCUT2D eigenvalue weighted by molar-refractivity contribution is -0.115. The van der Waals surface area contributed by atoms with E-state index in [1.807, 2.05) is 92.1 Å². The summed E-state index contributed by atoms with van der Waals surface area (Å²) in [5.41, 5.74) is 5.14. The Morgan fingerprint density at radius 2 is 1.66 bits per heavy atom. The van der Waals surface area contributed by atoms with E-state index in [1.165, 1.54) is 11.8 Å². The van der Waals surface area contributed by atoms with Crippen LogP contribution < -0.4 is 5.32 Å². The van der Waals surface area contributed by atoms with E-state index in [0.29, 0.717) is 11.6 Å². The third kappa shape index (κ3) is 5.08. The number of rotatable bonds is 7. The number of hydrogen-bond donors (Lipinski definition) is 1. The van der Waals surface area contributed by atoms with Crippen molar-refractivity contribution in [3.63, 3.8) is 0 Å². The summed E-state index contributed by atoms with van der Waals surface area (Å²) < 4.78 is 2.04. The largest absolute Gasteiger partial charge is 0.325 e. The third-order valence-corrected chi connectivity index (χ3v) is 6.26. The summed E-state index contributed by atoms with van der Waals surface area (Å²) in [5.74, 6) is 0.781. The molecule has 1 heterocycles. The molecule has 0 radical (unpaired) electrons. The van der Waals surface area contributed by atoms with Crippen LogP contribution in [0.4, 0.5) is 5.69 Å². The number of carbonyl (C=O) groups is 1. The van der Waals surface area contributed by atoms with Gasteiger partial charge in [-0.2, -0.15) is 0 Å². The molecule has 1 amide bonds. The minimum Gasteiger partial charge on any atom is -0.325 e. The van der Waals surface area contributed by atoms with E-state index in [-0.39, 0.29) is 11.2 Å². The highest BCUT2D eigenvalue weighted by Crippen LogP contribution is 2.28. The van der Waals surface area contributed by atoms with Crippen molar-refractivity contribution >= 4 is 23.4 Å². The predicted molar refractivity (Wildman–Crippen MR) is 130 cm³/mol. The van der Waals surface area contributed by atoms with Crippen molar-refractivity contribution in [2.75, 3.05) is 5.32 Å². The van der Waals surface area contributed by atoms with Gasteiger partial charge in [-0.15, -0.1) is 10.2 Å². The number of nitrogens with one attached hydrogen (secondary N) is 1. The molecule has 3 aromatic carbocycles. The molecule has 0 spiro atoms. The summed E-state index contributed by atoms with van der Waals surface area (Å²) in [7, 11) is 0. The van der Waals surface area contributed by atoms with Crippen LogP contribution in [-0.4, -0.2) is 25.9 Å². The van der Waals surface area contributed by atoms with E-state index in [9.17, 15) is 4.79 Å². The van der Waals surface area contributed by atoms with Gasteiger partial charge in [-0.05, 0) is 55.7 Å². The van der Waals surface area contributed by atoms with Crippen LogP contribution in [0.2, 0.25) is 0 Å². The number of thioether (sulfide) groups is 1. The number of carbonyl (C=O) groups excluding carboxylic acids is 1. The van der Waals surface area contributed by atoms with Crippen LogP contribution in [0.15, 0.2) is 84.0 Å². The third-order valence-electron chi connectivity index (χ3n) is 5.22. The average molecular weight is 443 g/mol. The number of aryl methyl sites for hydroxylation is 2. The van der Waals surface area contributed by atoms with Crippen LogP contribution in [-0.2, 0) is 11.2 Å². The van der Waals surface area contributed by atoms with Crippen LogP contribution in [0.5, 0.6) is 0 Å². The van der Waals surface area contributed by atoms with E-state index in [0.717, 1.165) is 33.9 Å². The second-order valence-electron chi connectivity index (χ2n) is 7.80. The van der Waals surface area contributed by atoms with Crippen LogP contribution in [0, 0.1) is 13.8 Å². The molecule has 1 unspecified atom stereocenters. The van der Waals surface area contributed by atoms with E-state index in [2.05, 4.69) is 27.6 Å². The van der Waals surface area contributed by atoms with Gasteiger partial charge >= 0.3 is 0 Å². The van der Waals surface area contributed by atoms with Gasteiger partial charge in [0, 0.05) is 17.8 Å². The number of aromatic nitrogens is 3. The summed E-state index contributed by atoms with van der Waals surface area (Å²) in [4.78, 5) is 12.9. The van der Waals surface area contributed by atoms with Crippen molar-refractivity contribution in [3.05, 3.63) is 101 Å². The van der Waals surface area contributed by atoms with Gasteiger partial charge in [-0.25, -0.2) is 0 Å². The number of benzene rings is 3. The molecular weight excluding hydrogens is 416 g/mol. The quantitative estimate of drug-likeness (QED) is 0.379. The second-order valence-corrected chi connectivity index (χ2v) is 9.11. The Kier molecular flexibility index (Phi) is 6.71. The maximum atomic E-state index is 12.9. The first-order valence-electron chi connectivity index (χ1n) is 10.6. The minimum absolute atomic E-state index is 0.0593. The van der Waals surface area contributed by atoms with Crippen molar-refractivity contribution < 1.29 is 4.79 Å². The van der Waals surface area contributed by atoms with Gasteiger partial charge in [0.25, 0.3) is 0 Å². The van der Waals surface area contributed by atoms with Gasteiger partial charge in [0.1, 0.15) is 5.82 Å². The SMILES string of the molecule is Cc1ccc(C)c(NC(=O)C(C)Sc2nnc(Cc3ccccc3)n2-c2ccccc2)c1. The fraction of sp³-hybridized carbons (Fsp3) is 0.192. The zero-order valence-corrected chi connectivity index (χ0v) is 19.3. The molecule has 162 valence electrons. The summed E-state index contributed by atoms with van der Waals surface area (Å²) in [5, 5.41) is 12.3. The zero-order chi connectivity index (χ0) is 22.5. The Labute approximate surface area is 192 Å². The topological polar surface area (TPSA) is 59.8 Å². The number of hydrogen-bond acceptors (Lipinski definition) is 4. The number of anilines is 1. The number of para-hydroxylation sites is 1. The number of amides is 1. The lowest BCUT2D eigenvalue weighted by atomic mass is 10.1. The van der Waals surface area contributed by atoms with Crippen LogP contribution in [0.1, 0.15) is 29.4 Å². The summed E-state index contributed by atoms with van der Waals surface area (Å²) in [6.45, 7) is 5.91. The fourth-order valence-electron chi connectivity index (χ4n) is 3.42. The van der Waals surface area contributed by atoms with Gasteiger partial charge in [0.2, 0.25) is 5.91 Å². The minimum atomic E-state index is -0.342. The predicted octanol–water partition coefficient (Wildman–Crippen LogP) is 5.59. The lowest BCUT2D eigenvalue weighted by Gasteiger charge is -2.15. The van der Waals surface area contributed by atoms with E-state index < -0.39 is 0 Å². The Morgan fingerprint density at radius 1 is 0.969 bits per heavy atom. The van der Waals surface area contributed by atoms with E-state index in [4.69, 9.17) is 0 Å². The van der Waals surface area contributed by atoms with E-state index >= 15 is 0 Å². The first-order chi connectivity index (χ1) is 15.5. The monoisotopic (exact) mass is 442 g/mol. The Hall–Kier alpha value is -3.38. The summed E-state index contributed by atoms with van der Waals surface area (Å²) in [6.07, 6.45) is 0.659. The van der Waals surface area contributed by atoms with E-state index in [1.54, 1.807) is 0 Å². The van der Waals surface area contributed by atoms with Crippen LogP contribution in [0.3, 0.4) is 0 Å². The second kappa shape index (κ2) is 9.83. The van der Waals surface area contributed by atoms with Gasteiger partial charge < -0.3 is 5.32 Å². The van der Waals surface area contributed by atoms with Gasteiger partial charge in [0.05, 0.1) is 5.25 Å². The van der Waals surface area contributed by atoms with Gasteiger partial charge in [-0.3, -0.25) is 9.36 Å². The first kappa shape index (κ1) is 21.8. The normalized spacial score (nSPS) is 11.8. The highest BCUT2D eigenvalue weighted by molar-refractivity contribution is 8.00. The molecule has 0 saturated carbocycles. The van der Waals surface area contributed by atoms with Crippen molar-refractivity contribution in [1.82, 2.24) is 14.8 Å². The first-order valence-corrected chi connectivity index (χ1v) is 11.5. The Bertz CT molecular complexity index is 1210. The number of nitrogens with zero attached hydrogens (tertiary/aromatic N) is 3. The molecule has 4 rings (SSSR count). The molecular formula is C26H26N4OS. The molecule has 0 aliphatic rings. The standard InChI is InChI=1S/C26H26N4OS/c1-18-14-15-19(2)23(16-18)27-25(31)20(3)32-26-29-28-24(17-21-10-6-4-7-11-21)30(26)22-12-8-5-9-13-22/h4-16,20H,17H2,1-3H3,(H,27,31). The Morgan fingerprint density at radius 3 is 2.38 bits per heavy atom. The Balaban J connectivity index is 1.58. The maximum Gasteiger partial charge on any atom is 0.237 e. The van der Waals surface area contributed by atoms with Crippen molar-refractivity contribution in [1.29, 1.82) is 0 Å². The molecule has 0 saturated heterocycles. The molecule has 0 aliphatic carbocycles. The molecule has 32 heavy (non-hydrogen) atoms. The molecule has 4 aromatic rings. The lowest BCUT2D eigenvalue weighted by Crippen LogP contribution is -2.23. The molecule has 1 aromatic heterocycles. The van der Waals surface area contributed by atoms with Gasteiger partial charge in [0.15, 0.2) is 5.16 Å². The summed E-state index contributed by atoms with van der Waals surface area (Å²) in [6, 6.07) is 26.3. The molecule has 6 heteroatoms. The fourth-order valence-corrected chi connectivity index (χ4v) is 4.31. The zero-order valence-electron chi connectivity index (χ0n) is 18.4. The van der Waals surface area contributed by atoms with Crippen molar-refractivity contribution in [2.24, 2.45) is 0 Å². The molecule has 1 atom stereocenters. The average Bonchev–Trinajstić information content (AvgIpc) is 3.19. The molecule has 0 bridgehead atoms. The highest BCUT2D eigenvalue weighted by Gasteiger charge is 2.21. The summed E-state index contributed by atoms with van der Waals surface area (Å²) >= 11 is 1.41.